The van der Waals surface area contributed by atoms with Crippen molar-refractivity contribution in [3.63, 3.8) is 0 Å². The van der Waals surface area contributed by atoms with E-state index in [1.807, 2.05) is 0 Å². The van der Waals surface area contributed by atoms with Gasteiger partial charge in [-0.25, -0.2) is 13.1 Å². The van der Waals surface area contributed by atoms with Crippen molar-refractivity contribution in [2.75, 3.05) is 12.3 Å². The average Bonchev–Trinajstić information content (AvgIpc) is 2.13. The predicted octanol–water partition coefficient (Wildman–Crippen LogP) is 2.11. The molecule has 17 heavy (non-hydrogen) atoms. The topological polar surface area (TPSA) is 72.2 Å². The van der Waals surface area contributed by atoms with E-state index in [-0.39, 0.29) is 4.90 Å². The molecule has 1 aromatic carbocycles. The zero-order chi connectivity index (χ0) is 12.5. The van der Waals surface area contributed by atoms with Gasteiger partial charge in [0, 0.05) is 16.7 Å². The lowest BCUT2D eigenvalue weighted by atomic mass is 9.86. The molecule has 0 unspecified atom stereocenters. The van der Waals surface area contributed by atoms with Crippen LogP contribution in [0.15, 0.2) is 27.6 Å². The van der Waals surface area contributed by atoms with Crippen molar-refractivity contribution in [2.45, 2.75) is 24.2 Å². The summed E-state index contributed by atoms with van der Waals surface area (Å²) in [4.78, 5) is 0.242. The average molecular weight is 319 g/mol. The van der Waals surface area contributed by atoms with Crippen LogP contribution in [0.3, 0.4) is 0 Å². The van der Waals surface area contributed by atoms with E-state index in [9.17, 15) is 8.42 Å². The Morgan fingerprint density at radius 1 is 1.41 bits per heavy atom. The summed E-state index contributed by atoms with van der Waals surface area (Å²) in [6, 6.07) is 4.70. The second-order valence-corrected chi connectivity index (χ2v) is 6.93. The molecule has 0 saturated heterocycles. The van der Waals surface area contributed by atoms with Crippen molar-refractivity contribution in [3.05, 3.63) is 22.7 Å². The normalized spacial score (nSPS) is 16.8. The minimum absolute atomic E-state index is 0.242. The standard InChI is InChI=1S/C11H15BrN2O2S/c12-10-6-9(13)4-5-11(10)17(15,16)14-7-8-2-1-3-8/h4-6,8,14H,1-3,7,13H2. The van der Waals surface area contributed by atoms with E-state index in [2.05, 4.69) is 20.7 Å². The number of benzene rings is 1. The van der Waals surface area contributed by atoms with Crippen LogP contribution in [0.5, 0.6) is 0 Å². The molecule has 1 aromatic rings. The molecule has 0 spiro atoms. The van der Waals surface area contributed by atoms with Gasteiger partial charge in [0.25, 0.3) is 0 Å². The van der Waals surface area contributed by atoms with Crippen LogP contribution in [0.1, 0.15) is 19.3 Å². The van der Waals surface area contributed by atoms with Crippen LogP contribution in [0, 0.1) is 5.92 Å². The van der Waals surface area contributed by atoms with Gasteiger partial charge in [-0.2, -0.15) is 0 Å². The summed E-state index contributed by atoms with van der Waals surface area (Å²) < 4.78 is 27.2. The Balaban J connectivity index is 2.12. The van der Waals surface area contributed by atoms with Crippen LogP contribution in [0.4, 0.5) is 5.69 Å². The lowest BCUT2D eigenvalue weighted by Gasteiger charge is -2.25. The number of nitrogen functional groups attached to an aromatic ring is 1. The highest BCUT2D eigenvalue weighted by Gasteiger charge is 2.22. The summed E-state index contributed by atoms with van der Waals surface area (Å²) in [5, 5.41) is 0. The van der Waals surface area contributed by atoms with Crippen LogP contribution in [-0.2, 0) is 10.0 Å². The minimum Gasteiger partial charge on any atom is -0.399 e. The van der Waals surface area contributed by atoms with E-state index in [1.54, 1.807) is 12.1 Å². The molecule has 3 N–H and O–H groups in total. The quantitative estimate of drug-likeness (QED) is 0.835. The van der Waals surface area contributed by atoms with Crippen LogP contribution in [0.2, 0.25) is 0 Å². The van der Waals surface area contributed by atoms with Crippen molar-refractivity contribution < 1.29 is 8.42 Å². The third kappa shape index (κ3) is 3.00. The highest BCUT2D eigenvalue weighted by Crippen LogP contribution is 2.27. The van der Waals surface area contributed by atoms with Crippen molar-refractivity contribution in [1.29, 1.82) is 0 Å². The van der Waals surface area contributed by atoms with Crippen LogP contribution < -0.4 is 10.5 Å². The maximum atomic E-state index is 12.0. The van der Waals surface area contributed by atoms with Crippen LogP contribution in [0.25, 0.3) is 0 Å². The molecule has 0 bridgehead atoms. The molecule has 94 valence electrons. The highest BCUT2D eigenvalue weighted by molar-refractivity contribution is 9.10. The van der Waals surface area contributed by atoms with Gasteiger partial charge in [0.15, 0.2) is 0 Å². The predicted molar refractivity (Wildman–Crippen MR) is 71.1 cm³/mol. The molecule has 0 aliphatic heterocycles. The van der Waals surface area contributed by atoms with Gasteiger partial charge in [-0.1, -0.05) is 6.42 Å². The van der Waals surface area contributed by atoms with Gasteiger partial charge in [-0.3, -0.25) is 0 Å². The number of nitrogens with one attached hydrogen (secondary N) is 1. The van der Waals surface area contributed by atoms with E-state index in [1.165, 1.54) is 12.5 Å². The van der Waals surface area contributed by atoms with Gasteiger partial charge < -0.3 is 5.73 Å². The second kappa shape index (κ2) is 4.96. The van der Waals surface area contributed by atoms with E-state index in [0.29, 0.717) is 22.6 Å². The molecule has 6 heteroatoms. The Bertz CT molecular complexity index is 512. The largest absolute Gasteiger partial charge is 0.399 e. The van der Waals surface area contributed by atoms with Crippen molar-refractivity contribution >= 4 is 31.6 Å². The molecular weight excluding hydrogens is 304 g/mol. The summed E-state index contributed by atoms with van der Waals surface area (Å²) in [6.45, 7) is 0.527. The fourth-order valence-electron chi connectivity index (χ4n) is 1.74. The molecule has 4 nitrogen and oxygen atoms in total. The molecule has 0 radical (unpaired) electrons. The molecule has 0 atom stereocenters. The molecule has 0 heterocycles. The van der Waals surface area contributed by atoms with Gasteiger partial charge in [0.2, 0.25) is 10.0 Å². The van der Waals surface area contributed by atoms with Gasteiger partial charge in [0.05, 0.1) is 4.90 Å². The van der Waals surface area contributed by atoms with E-state index >= 15 is 0 Å². The smallest absolute Gasteiger partial charge is 0.241 e. The third-order valence-electron chi connectivity index (χ3n) is 3.03. The molecule has 1 aliphatic rings. The summed E-state index contributed by atoms with van der Waals surface area (Å²) in [5.74, 6) is 0.498. The summed E-state index contributed by atoms with van der Waals surface area (Å²) >= 11 is 3.22. The number of anilines is 1. The van der Waals surface area contributed by atoms with Crippen molar-refractivity contribution in [1.82, 2.24) is 4.72 Å². The minimum atomic E-state index is -3.43. The van der Waals surface area contributed by atoms with Gasteiger partial charge >= 0.3 is 0 Å². The van der Waals surface area contributed by atoms with Crippen LogP contribution >= 0.6 is 15.9 Å². The Morgan fingerprint density at radius 3 is 2.65 bits per heavy atom. The number of rotatable bonds is 4. The first-order chi connectivity index (χ1) is 7.99. The summed E-state index contributed by atoms with van der Waals surface area (Å²) in [5.41, 5.74) is 6.12. The van der Waals surface area contributed by atoms with E-state index in [4.69, 9.17) is 5.73 Å². The van der Waals surface area contributed by atoms with Crippen molar-refractivity contribution in [2.24, 2.45) is 5.92 Å². The molecule has 1 saturated carbocycles. The molecule has 1 fully saturated rings. The molecule has 2 rings (SSSR count). The fourth-order valence-corrected chi connectivity index (χ4v) is 3.95. The second-order valence-electron chi connectivity index (χ2n) is 4.34. The molecule has 1 aliphatic carbocycles. The zero-order valence-corrected chi connectivity index (χ0v) is 11.7. The summed E-state index contributed by atoms with van der Waals surface area (Å²) in [7, 11) is -3.43. The number of nitrogens with two attached hydrogens (primary N) is 1. The van der Waals surface area contributed by atoms with Crippen molar-refractivity contribution in [3.8, 4) is 0 Å². The number of hydrogen-bond acceptors (Lipinski definition) is 3. The number of hydrogen-bond donors (Lipinski definition) is 2. The lowest BCUT2D eigenvalue weighted by molar-refractivity contribution is 0.316. The number of sulfonamides is 1. The lowest BCUT2D eigenvalue weighted by Crippen LogP contribution is -2.32. The Morgan fingerprint density at radius 2 is 2.12 bits per heavy atom. The Labute approximate surface area is 110 Å². The SMILES string of the molecule is Nc1ccc(S(=O)(=O)NCC2CCC2)c(Br)c1. The van der Waals surface area contributed by atoms with Gasteiger partial charge in [0.1, 0.15) is 0 Å². The molecule has 0 amide bonds. The first-order valence-corrected chi connectivity index (χ1v) is 7.81. The zero-order valence-electron chi connectivity index (χ0n) is 9.32. The molecular formula is C11H15BrN2O2S. The Hall–Kier alpha value is -0.590. The first-order valence-electron chi connectivity index (χ1n) is 5.54. The van der Waals surface area contributed by atoms with E-state index < -0.39 is 10.0 Å². The van der Waals surface area contributed by atoms with E-state index in [0.717, 1.165) is 12.8 Å². The Kier molecular flexibility index (Phi) is 3.75. The maximum absolute atomic E-state index is 12.0. The van der Waals surface area contributed by atoms with Gasteiger partial charge in [-0.15, -0.1) is 0 Å². The molecule has 0 aromatic heterocycles. The van der Waals surface area contributed by atoms with Gasteiger partial charge in [-0.05, 0) is 52.9 Å². The highest BCUT2D eigenvalue weighted by atomic mass is 79.9. The fraction of sp³-hybridized carbons (Fsp3) is 0.455. The van der Waals surface area contributed by atoms with Crippen LogP contribution in [-0.4, -0.2) is 15.0 Å². The maximum Gasteiger partial charge on any atom is 0.241 e. The first kappa shape index (κ1) is 12.9. The number of halogens is 1. The third-order valence-corrected chi connectivity index (χ3v) is 5.43. The monoisotopic (exact) mass is 318 g/mol. The summed E-state index contributed by atoms with van der Waals surface area (Å²) in [6.07, 6.45) is 3.44.